The molecule has 0 radical (unpaired) electrons. The fourth-order valence-corrected chi connectivity index (χ4v) is 1.77. The second-order valence-electron chi connectivity index (χ2n) is 3.57. The molecule has 0 spiro atoms. The van der Waals surface area contributed by atoms with Gasteiger partial charge in [0.2, 0.25) is 0 Å². The summed E-state index contributed by atoms with van der Waals surface area (Å²) in [5, 5.41) is 0.761. The number of aryl methyl sites for hydroxylation is 1. The van der Waals surface area contributed by atoms with Crippen molar-refractivity contribution in [2.75, 3.05) is 0 Å². The number of rotatable bonds is 1. The molecule has 2 heteroatoms. The van der Waals surface area contributed by atoms with E-state index in [1.165, 1.54) is 0 Å². The van der Waals surface area contributed by atoms with Crippen LogP contribution >= 0.6 is 11.6 Å². The summed E-state index contributed by atoms with van der Waals surface area (Å²) in [7, 11) is 0. The highest BCUT2D eigenvalue weighted by Crippen LogP contribution is 2.34. The van der Waals surface area contributed by atoms with E-state index >= 15 is 0 Å². The zero-order valence-electron chi connectivity index (χ0n) is 7.51. The number of hydrogen-bond acceptors (Lipinski definition) is 1. The van der Waals surface area contributed by atoms with Crippen LogP contribution in [0.5, 0.6) is 0 Å². The van der Waals surface area contributed by atoms with Crippen LogP contribution in [0.3, 0.4) is 0 Å². The Morgan fingerprint density at radius 2 is 2.23 bits per heavy atom. The van der Waals surface area contributed by atoms with E-state index in [1.807, 2.05) is 25.1 Å². The van der Waals surface area contributed by atoms with E-state index in [9.17, 15) is 4.79 Å². The molecule has 1 atom stereocenters. The standard InChI is InChI=1S/C11H11ClO/c1-7-2-3-8(6-10(7)12)9-4-5-11(9)13/h2-3,6,9H,4-5H2,1H3. The Hall–Kier alpha value is -0.820. The minimum absolute atomic E-state index is 0.123. The summed E-state index contributed by atoms with van der Waals surface area (Å²) in [4.78, 5) is 11.2. The van der Waals surface area contributed by atoms with Crippen LogP contribution in [-0.4, -0.2) is 5.78 Å². The van der Waals surface area contributed by atoms with Gasteiger partial charge in [0.25, 0.3) is 0 Å². The zero-order chi connectivity index (χ0) is 9.42. The topological polar surface area (TPSA) is 17.1 Å². The number of halogens is 1. The number of carbonyl (C=O) groups is 1. The predicted octanol–water partition coefficient (Wildman–Crippen LogP) is 3.09. The second kappa shape index (κ2) is 3.15. The molecule has 2 rings (SSSR count). The third-order valence-electron chi connectivity index (χ3n) is 2.67. The van der Waals surface area contributed by atoms with E-state index in [0.29, 0.717) is 5.78 Å². The molecule has 68 valence electrons. The normalized spacial score (nSPS) is 21.4. The van der Waals surface area contributed by atoms with Crippen molar-refractivity contribution in [1.29, 1.82) is 0 Å². The lowest BCUT2D eigenvalue weighted by atomic mass is 9.78. The van der Waals surface area contributed by atoms with Crippen LogP contribution in [0.1, 0.15) is 29.9 Å². The van der Waals surface area contributed by atoms with Gasteiger partial charge in [-0.25, -0.2) is 0 Å². The van der Waals surface area contributed by atoms with Gasteiger partial charge in [-0.3, -0.25) is 4.79 Å². The molecule has 0 aromatic heterocycles. The Labute approximate surface area is 82.7 Å². The van der Waals surface area contributed by atoms with Gasteiger partial charge < -0.3 is 0 Å². The number of carbonyl (C=O) groups excluding carboxylic acids is 1. The van der Waals surface area contributed by atoms with Gasteiger partial charge in [0, 0.05) is 17.4 Å². The molecule has 1 unspecified atom stereocenters. The molecule has 1 aromatic carbocycles. The third kappa shape index (κ3) is 1.49. The fraction of sp³-hybridized carbons (Fsp3) is 0.364. The Kier molecular flexibility index (Phi) is 2.12. The van der Waals surface area contributed by atoms with E-state index in [4.69, 9.17) is 11.6 Å². The van der Waals surface area contributed by atoms with Crippen LogP contribution < -0.4 is 0 Å². The number of ketones is 1. The molecule has 1 aliphatic carbocycles. The molecule has 1 saturated carbocycles. The van der Waals surface area contributed by atoms with Crippen molar-refractivity contribution in [3.05, 3.63) is 34.3 Å². The van der Waals surface area contributed by atoms with Gasteiger partial charge in [-0.2, -0.15) is 0 Å². The number of benzene rings is 1. The molecule has 1 fully saturated rings. The van der Waals surface area contributed by atoms with E-state index in [-0.39, 0.29) is 5.92 Å². The fourth-order valence-electron chi connectivity index (χ4n) is 1.58. The number of hydrogen-bond donors (Lipinski definition) is 0. The van der Waals surface area contributed by atoms with Crippen LogP contribution in [0, 0.1) is 6.92 Å². The van der Waals surface area contributed by atoms with Crippen LogP contribution in [0.2, 0.25) is 5.02 Å². The van der Waals surface area contributed by atoms with Gasteiger partial charge in [0.05, 0.1) is 0 Å². The van der Waals surface area contributed by atoms with Crippen LogP contribution in [0.4, 0.5) is 0 Å². The van der Waals surface area contributed by atoms with E-state index in [0.717, 1.165) is 29.0 Å². The molecule has 0 bridgehead atoms. The van der Waals surface area contributed by atoms with Gasteiger partial charge in [-0.05, 0) is 30.5 Å². The predicted molar refractivity (Wildman–Crippen MR) is 53.2 cm³/mol. The summed E-state index contributed by atoms with van der Waals surface area (Å²) in [6, 6.07) is 5.89. The minimum atomic E-state index is 0.123. The average molecular weight is 195 g/mol. The third-order valence-corrected chi connectivity index (χ3v) is 3.07. The highest BCUT2D eigenvalue weighted by molar-refractivity contribution is 6.31. The first kappa shape index (κ1) is 8.76. The molecule has 1 nitrogen and oxygen atoms in total. The van der Waals surface area contributed by atoms with Gasteiger partial charge in [-0.15, -0.1) is 0 Å². The maximum Gasteiger partial charge on any atom is 0.140 e. The first-order valence-electron chi connectivity index (χ1n) is 4.47. The minimum Gasteiger partial charge on any atom is -0.299 e. The molecule has 0 amide bonds. The average Bonchev–Trinajstić information content (AvgIpc) is 2.09. The summed E-state index contributed by atoms with van der Waals surface area (Å²) < 4.78 is 0. The molecule has 13 heavy (non-hydrogen) atoms. The monoisotopic (exact) mass is 194 g/mol. The van der Waals surface area contributed by atoms with Gasteiger partial charge in [0.15, 0.2) is 0 Å². The first-order chi connectivity index (χ1) is 6.18. The van der Waals surface area contributed by atoms with E-state index < -0.39 is 0 Å². The summed E-state index contributed by atoms with van der Waals surface area (Å²) in [6.45, 7) is 1.97. The van der Waals surface area contributed by atoms with Crippen molar-refractivity contribution >= 4 is 17.4 Å². The Balaban J connectivity index is 2.31. The smallest absolute Gasteiger partial charge is 0.140 e. The first-order valence-corrected chi connectivity index (χ1v) is 4.85. The maximum atomic E-state index is 11.2. The van der Waals surface area contributed by atoms with Gasteiger partial charge in [-0.1, -0.05) is 23.7 Å². The van der Waals surface area contributed by atoms with Crippen molar-refractivity contribution in [2.45, 2.75) is 25.7 Å². The molecule has 0 saturated heterocycles. The van der Waals surface area contributed by atoms with Gasteiger partial charge in [0.1, 0.15) is 5.78 Å². The lowest BCUT2D eigenvalue weighted by molar-refractivity contribution is -0.125. The Morgan fingerprint density at radius 3 is 2.69 bits per heavy atom. The number of Topliss-reactive ketones (excluding diaryl/α,β-unsaturated/α-hetero) is 1. The van der Waals surface area contributed by atoms with Crippen LogP contribution in [0.25, 0.3) is 0 Å². The van der Waals surface area contributed by atoms with Crippen molar-refractivity contribution in [3.63, 3.8) is 0 Å². The summed E-state index contributed by atoms with van der Waals surface area (Å²) in [6.07, 6.45) is 1.72. The molecule has 0 aliphatic heterocycles. The SMILES string of the molecule is Cc1ccc(C2CCC2=O)cc1Cl. The zero-order valence-corrected chi connectivity index (χ0v) is 8.27. The van der Waals surface area contributed by atoms with Crippen molar-refractivity contribution in [1.82, 2.24) is 0 Å². The molecule has 1 aliphatic rings. The molecular formula is C11H11ClO. The summed E-state index contributed by atoms with van der Waals surface area (Å²) in [5.41, 5.74) is 2.14. The maximum absolute atomic E-state index is 11.2. The lowest BCUT2D eigenvalue weighted by Crippen LogP contribution is -2.23. The molecule has 0 N–H and O–H groups in total. The highest BCUT2D eigenvalue weighted by Gasteiger charge is 2.29. The Morgan fingerprint density at radius 1 is 1.46 bits per heavy atom. The van der Waals surface area contributed by atoms with Crippen LogP contribution in [0.15, 0.2) is 18.2 Å². The molecule has 1 aromatic rings. The molecule has 0 heterocycles. The van der Waals surface area contributed by atoms with E-state index in [1.54, 1.807) is 0 Å². The van der Waals surface area contributed by atoms with Crippen molar-refractivity contribution < 1.29 is 4.79 Å². The van der Waals surface area contributed by atoms with Crippen molar-refractivity contribution in [2.24, 2.45) is 0 Å². The summed E-state index contributed by atoms with van der Waals surface area (Å²) >= 11 is 5.98. The van der Waals surface area contributed by atoms with Crippen molar-refractivity contribution in [3.8, 4) is 0 Å². The molecular weight excluding hydrogens is 184 g/mol. The van der Waals surface area contributed by atoms with Gasteiger partial charge >= 0.3 is 0 Å². The largest absolute Gasteiger partial charge is 0.299 e. The highest BCUT2D eigenvalue weighted by atomic mass is 35.5. The Bertz CT molecular complexity index is 357. The van der Waals surface area contributed by atoms with Crippen LogP contribution in [-0.2, 0) is 4.79 Å². The second-order valence-corrected chi connectivity index (χ2v) is 3.97. The summed E-state index contributed by atoms with van der Waals surface area (Å²) in [5.74, 6) is 0.470. The quantitative estimate of drug-likeness (QED) is 0.672. The lowest BCUT2D eigenvalue weighted by Gasteiger charge is -2.24. The van der Waals surface area contributed by atoms with E-state index in [2.05, 4.69) is 0 Å².